The van der Waals surface area contributed by atoms with Gasteiger partial charge in [0.05, 0.1) is 22.3 Å². The first-order chi connectivity index (χ1) is 17.4. The normalized spacial score (nSPS) is 15.4. The van der Waals surface area contributed by atoms with Crippen molar-refractivity contribution in [2.24, 2.45) is 5.10 Å². The smallest absolute Gasteiger partial charge is 0.261 e. The highest BCUT2D eigenvalue weighted by Gasteiger charge is 2.30. The second kappa shape index (κ2) is 9.87. The molecule has 0 aliphatic carbocycles. The lowest BCUT2D eigenvalue weighted by atomic mass is 9.98. The number of hydrogen-bond donors (Lipinski definition) is 1. The largest absolute Gasteiger partial charge is 0.378 e. The Balaban J connectivity index is 1.48. The van der Waals surface area contributed by atoms with Crippen LogP contribution in [-0.2, 0) is 10.0 Å². The summed E-state index contributed by atoms with van der Waals surface area (Å²) in [6, 6.07) is 34.4. The Bertz CT molecular complexity index is 1470. The van der Waals surface area contributed by atoms with E-state index >= 15 is 0 Å². The number of nitrogens with zero attached hydrogens (tertiary/aromatic N) is 3. The summed E-state index contributed by atoms with van der Waals surface area (Å²) in [4.78, 5) is 2.28. The summed E-state index contributed by atoms with van der Waals surface area (Å²) in [5, 5.41) is 7.01. The maximum atomic E-state index is 13.1. The van der Waals surface area contributed by atoms with Gasteiger partial charge in [-0.15, -0.1) is 0 Å². The van der Waals surface area contributed by atoms with Gasteiger partial charge in [0.2, 0.25) is 0 Å². The minimum Gasteiger partial charge on any atom is -0.378 e. The van der Waals surface area contributed by atoms with E-state index in [2.05, 4.69) is 33.9 Å². The minimum absolute atomic E-state index is 0.00122. The van der Waals surface area contributed by atoms with Crippen LogP contribution in [0.1, 0.15) is 23.6 Å². The highest BCUT2D eigenvalue weighted by Crippen LogP contribution is 2.37. The monoisotopic (exact) mass is 496 g/mol. The molecule has 6 nitrogen and oxygen atoms in total. The molecule has 1 N–H and O–H groups in total. The number of para-hydroxylation sites is 2. The van der Waals surface area contributed by atoms with E-state index in [0.717, 1.165) is 28.2 Å². The van der Waals surface area contributed by atoms with Gasteiger partial charge in [0.15, 0.2) is 0 Å². The summed E-state index contributed by atoms with van der Waals surface area (Å²) in [5.74, 6) is 0. The molecule has 4 aromatic rings. The first-order valence-electron chi connectivity index (χ1n) is 11.8. The van der Waals surface area contributed by atoms with Crippen LogP contribution < -0.4 is 14.6 Å². The fourth-order valence-corrected chi connectivity index (χ4v) is 5.42. The molecule has 1 atom stereocenters. The summed E-state index contributed by atoms with van der Waals surface area (Å²) in [6.45, 7) is 0. The van der Waals surface area contributed by atoms with Gasteiger partial charge in [0.25, 0.3) is 10.0 Å². The van der Waals surface area contributed by atoms with E-state index in [9.17, 15) is 8.42 Å². The Hall–Kier alpha value is -4.10. The molecule has 1 aliphatic rings. The molecule has 0 aromatic heterocycles. The van der Waals surface area contributed by atoms with E-state index < -0.39 is 10.0 Å². The maximum Gasteiger partial charge on any atom is 0.261 e. The second-order valence-corrected chi connectivity index (χ2v) is 10.6. The van der Waals surface area contributed by atoms with Crippen LogP contribution in [0, 0.1) is 0 Å². The van der Waals surface area contributed by atoms with Crippen LogP contribution in [0.5, 0.6) is 0 Å². The molecule has 4 aromatic carbocycles. The van der Waals surface area contributed by atoms with Crippen LogP contribution in [0.2, 0.25) is 0 Å². The van der Waals surface area contributed by atoms with Gasteiger partial charge in [0.1, 0.15) is 0 Å². The van der Waals surface area contributed by atoms with Crippen LogP contribution in [0.3, 0.4) is 0 Å². The molecule has 0 radical (unpaired) electrons. The molecule has 0 saturated carbocycles. The predicted octanol–water partition coefficient (Wildman–Crippen LogP) is 5.91. The van der Waals surface area contributed by atoms with Crippen molar-refractivity contribution in [2.45, 2.75) is 17.4 Å². The Morgan fingerprint density at radius 1 is 0.833 bits per heavy atom. The van der Waals surface area contributed by atoms with Gasteiger partial charge < -0.3 is 4.90 Å². The third-order valence-electron chi connectivity index (χ3n) is 6.23. The van der Waals surface area contributed by atoms with E-state index in [4.69, 9.17) is 5.10 Å². The van der Waals surface area contributed by atoms with E-state index in [1.54, 1.807) is 42.5 Å². The fraction of sp³-hybridized carbons (Fsp3) is 0.138. The zero-order valence-corrected chi connectivity index (χ0v) is 21.1. The average molecular weight is 497 g/mol. The number of hydrogen-bond acceptors (Lipinski definition) is 5. The number of benzene rings is 4. The second-order valence-electron chi connectivity index (χ2n) is 8.93. The molecule has 36 heavy (non-hydrogen) atoms. The molecular formula is C29H28N4O2S. The van der Waals surface area contributed by atoms with E-state index in [1.165, 1.54) is 0 Å². The maximum absolute atomic E-state index is 13.1. The van der Waals surface area contributed by atoms with E-state index in [1.807, 2.05) is 61.6 Å². The van der Waals surface area contributed by atoms with Crippen molar-refractivity contribution < 1.29 is 8.42 Å². The van der Waals surface area contributed by atoms with Crippen molar-refractivity contribution in [3.63, 3.8) is 0 Å². The van der Waals surface area contributed by atoms with Gasteiger partial charge in [-0.3, -0.25) is 9.73 Å². The highest BCUT2D eigenvalue weighted by molar-refractivity contribution is 7.92. The summed E-state index contributed by atoms with van der Waals surface area (Å²) in [7, 11) is 0.314. The molecule has 1 heterocycles. The zero-order chi connectivity index (χ0) is 25.1. The number of nitrogens with one attached hydrogen (secondary N) is 1. The Kier molecular flexibility index (Phi) is 6.48. The Morgan fingerprint density at radius 3 is 2.17 bits per heavy atom. The summed E-state index contributed by atoms with van der Waals surface area (Å²) in [6.07, 6.45) is 0.659. The van der Waals surface area contributed by atoms with Crippen molar-refractivity contribution >= 4 is 32.8 Å². The molecule has 5 rings (SSSR count). The third kappa shape index (κ3) is 4.97. The fourth-order valence-electron chi connectivity index (χ4n) is 4.32. The molecule has 1 aliphatic heterocycles. The van der Waals surface area contributed by atoms with Gasteiger partial charge >= 0.3 is 0 Å². The van der Waals surface area contributed by atoms with Gasteiger partial charge in [-0.1, -0.05) is 60.7 Å². The number of sulfonamides is 1. The quantitative estimate of drug-likeness (QED) is 0.346. The number of rotatable bonds is 7. The van der Waals surface area contributed by atoms with Gasteiger partial charge in [-0.2, -0.15) is 5.10 Å². The molecule has 0 fully saturated rings. The molecular weight excluding hydrogens is 468 g/mol. The van der Waals surface area contributed by atoms with Crippen molar-refractivity contribution in [1.82, 2.24) is 0 Å². The van der Waals surface area contributed by atoms with E-state index in [0.29, 0.717) is 12.1 Å². The summed E-state index contributed by atoms with van der Waals surface area (Å²) < 4.78 is 28.8. The van der Waals surface area contributed by atoms with Crippen molar-refractivity contribution in [1.29, 1.82) is 0 Å². The SMILES string of the molecule is CN(C)c1ccc(C2CC(c3cccc(S(=O)(=O)Nc4ccccc4)c3)=NN2c2ccccc2)cc1. The standard InChI is InChI=1S/C29H28N4O2S/c1-32(2)25-18-16-22(17-19-25)29-21-28(30-33(29)26-13-7-4-8-14-26)23-10-9-15-27(20-23)36(34,35)31-24-11-5-3-6-12-24/h3-20,29,31H,21H2,1-2H3. The van der Waals surface area contributed by atoms with Crippen LogP contribution in [0.25, 0.3) is 0 Å². The third-order valence-corrected chi connectivity index (χ3v) is 7.61. The average Bonchev–Trinajstić information content (AvgIpc) is 3.35. The predicted molar refractivity (Wildman–Crippen MR) is 147 cm³/mol. The van der Waals surface area contributed by atoms with Gasteiger partial charge in [-0.25, -0.2) is 8.42 Å². The van der Waals surface area contributed by atoms with Crippen molar-refractivity contribution in [3.8, 4) is 0 Å². The molecule has 0 amide bonds. The van der Waals surface area contributed by atoms with Crippen molar-refractivity contribution in [2.75, 3.05) is 28.7 Å². The molecule has 0 spiro atoms. The lowest BCUT2D eigenvalue weighted by molar-refractivity contribution is 0.601. The Morgan fingerprint density at radius 2 is 1.50 bits per heavy atom. The minimum atomic E-state index is -3.73. The molecule has 1 unspecified atom stereocenters. The topological polar surface area (TPSA) is 65.0 Å². The molecule has 7 heteroatoms. The first kappa shape index (κ1) is 23.6. The van der Waals surface area contributed by atoms with Crippen LogP contribution >= 0.6 is 0 Å². The first-order valence-corrected chi connectivity index (χ1v) is 13.3. The number of hydrazone groups is 1. The van der Waals surface area contributed by atoms with Gasteiger partial charge in [0, 0.05) is 31.9 Å². The lowest BCUT2D eigenvalue weighted by Gasteiger charge is -2.24. The van der Waals surface area contributed by atoms with E-state index in [-0.39, 0.29) is 10.9 Å². The van der Waals surface area contributed by atoms with Crippen molar-refractivity contribution in [3.05, 3.63) is 120 Å². The van der Waals surface area contributed by atoms with Crippen LogP contribution in [-0.4, -0.2) is 28.2 Å². The van der Waals surface area contributed by atoms with Crippen LogP contribution in [0.4, 0.5) is 17.1 Å². The molecule has 0 saturated heterocycles. The van der Waals surface area contributed by atoms with Gasteiger partial charge in [-0.05, 0) is 59.7 Å². The summed E-state index contributed by atoms with van der Waals surface area (Å²) in [5.41, 5.74) is 5.43. The number of anilines is 3. The zero-order valence-electron chi connectivity index (χ0n) is 20.2. The molecule has 0 bridgehead atoms. The molecule has 182 valence electrons. The Labute approximate surface area is 212 Å². The van der Waals surface area contributed by atoms with Crippen LogP contribution in [0.15, 0.2) is 119 Å². The highest BCUT2D eigenvalue weighted by atomic mass is 32.2. The lowest BCUT2D eigenvalue weighted by Crippen LogP contribution is -2.18. The summed E-state index contributed by atoms with van der Waals surface area (Å²) >= 11 is 0.